The minimum absolute atomic E-state index is 0.00667. The SMILES string of the molecule is [B]c1nc2c(N)ncnc2n1C1OC2COP(=O)(SCc3ccc([N+](=O)[O-])cc3)OC2C1O[Si](C)(C)C(C)(C)C. The van der Waals surface area contributed by atoms with E-state index in [0.717, 1.165) is 16.9 Å². The summed E-state index contributed by atoms with van der Waals surface area (Å²) in [6, 6.07) is 6.03. The van der Waals surface area contributed by atoms with Crippen molar-refractivity contribution in [2.75, 3.05) is 12.3 Å². The van der Waals surface area contributed by atoms with Crippen LogP contribution in [0.25, 0.3) is 11.2 Å². The summed E-state index contributed by atoms with van der Waals surface area (Å²) in [6.07, 6.45) is -1.53. The molecule has 2 saturated heterocycles. The second-order valence-corrected chi connectivity index (χ2v) is 20.0. The first-order valence-electron chi connectivity index (χ1n) is 12.6. The molecule has 2 aromatic heterocycles. The Morgan fingerprint density at radius 2 is 2.00 bits per heavy atom. The Morgan fingerprint density at radius 3 is 2.65 bits per heavy atom. The number of rotatable bonds is 7. The van der Waals surface area contributed by atoms with Crippen LogP contribution in [0.1, 0.15) is 32.6 Å². The molecule has 0 bridgehead atoms. The summed E-state index contributed by atoms with van der Waals surface area (Å²) in [5.41, 5.74) is 7.58. The van der Waals surface area contributed by atoms with E-state index >= 15 is 0 Å². The van der Waals surface area contributed by atoms with E-state index in [0.29, 0.717) is 11.2 Å². The molecule has 2 aliphatic rings. The highest BCUT2D eigenvalue weighted by Crippen LogP contribution is 2.66. The number of nitro groups is 1. The number of benzene rings is 1. The largest absolute Gasteiger partial charge is 0.407 e. The van der Waals surface area contributed by atoms with Crippen LogP contribution in [0.2, 0.25) is 18.1 Å². The van der Waals surface area contributed by atoms with Crippen LogP contribution in [-0.4, -0.2) is 65.5 Å². The van der Waals surface area contributed by atoms with Gasteiger partial charge in [0, 0.05) is 17.9 Å². The molecular formula is C23H30BN6O7PSSi. The van der Waals surface area contributed by atoms with E-state index in [4.69, 9.17) is 31.8 Å². The van der Waals surface area contributed by atoms with Crippen LogP contribution < -0.4 is 11.5 Å². The number of imidazole rings is 1. The van der Waals surface area contributed by atoms with E-state index in [-0.39, 0.29) is 34.6 Å². The maximum Gasteiger partial charge on any atom is 0.389 e. The average molecular weight is 604 g/mol. The van der Waals surface area contributed by atoms with Crippen molar-refractivity contribution in [2.45, 2.75) is 69.2 Å². The number of hydrogen-bond donors (Lipinski definition) is 1. The predicted octanol–water partition coefficient (Wildman–Crippen LogP) is 3.86. The van der Waals surface area contributed by atoms with Gasteiger partial charge in [0.2, 0.25) is 0 Å². The van der Waals surface area contributed by atoms with Crippen LogP contribution in [-0.2, 0) is 28.5 Å². The van der Waals surface area contributed by atoms with Gasteiger partial charge in [-0.25, -0.2) is 19.5 Å². The predicted molar refractivity (Wildman–Crippen MR) is 154 cm³/mol. The molecule has 0 saturated carbocycles. The lowest BCUT2D eigenvalue weighted by Gasteiger charge is -2.41. The van der Waals surface area contributed by atoms with Gasteiger partial charge in [0.15, 0.2) is 33.9 Å². The van der Waals surface area contributed by atoms with E-state index in [1.165, 1.54) is 18.5 Å². The van der Waals surface area contributed by atoms with Gasteiger partial charge in [-0.05, 0) is 35.1 Å². The summed E-state index contributed by atoms with van der Waals surface area (Å²) in [5.74, 6) is 0.444. The number of nitrogen functional groups attached to an aromatic ring is 1. The van der Waals surface area contributed by atoms with Crippen molar-refractivity contribution in [1.29, 1.82) is 0 Å². The summed E-state index contributed by atoms with van der Waals surface area (Å²) in [4.78, 5) is 23.2. The molecule has 17 heteroatoms. The van der Waals surface area contributed by atoms with Gasteiger partial charge in [-0.15, -0.1) is 0 Å². The molecule has 5 unspecified atom stereocenters. The standard InChI is InChI=1S/C23H30BN6O7PSSi/c1-23(2,3)40(4,5)37-18-17-15(35-21(18)29-20-16(28-22(29)24)19(25)26-12-27-20)10-34-38(33,36-17)39-11-13-6-8-14(9-7-13)30(31)32/h6-9,12,15,17-18,21H,10-11H2,1-5H3,(H2,25,26,27). The van der Waals surface area contributed by atoms with E-state index in [2.05, 4.69) is 48.8 Å². The molecule has 13 nitrogen and oxygen atoms in total. The van der Waals surface area contributed by atoms with Crippen LogP contribution in [0.3, 0.4) is 0 Å². The normalized spacial score (nSPS) is 27.1. The number of nitrogens with two attached hydrogens (primary N) is 1. The smallest absolute Gasteiger partial charge is 0.389 e. The zero-order valence-corrected chi connectivity index (χ0v) is 25.4. The first-order valence-corrected chi connectivity index (χ1v) is 18.6. The second-order valence-electron chi connectivity index (χ2n) is 11.2. The van der Waals surface area contributed by atoms with Crippen LogP contribution in [0.4, 0.5) is 11.5 Å². The highest BCUT2D eigenvalue weighted by molar-refractivity contribution is 8.54. The Balaban J connectivity index is 1.45. The summed E-state index contributed by atoms with van der Waals surface area (Å²) in [6.45, 7) is 6.91. The molecule has 2 N–H and O–H groups in total. The zero-order chi connectivity index (χ0) is 29.0. The summed E-state index contributed by atoms with van der Waals surface area (Å²) in [5, 5.41) is 10.8. The number of hydrogen-bond acceptors (Lipinski definition) is 12. The van der Waals surface area contributed by atoms with Gasteiger partial charge >= 0.3 is 6.80 Å². The third-order valence-electron chi connectivity index (χ3n) is 7.49. The highest BCUT2D eigenvalue weighted by Gasteiger charge is 2.56. The topological polar surface area (TPSA) is 167 Å². The van der Waals surface area contributed by atoms with Gasteiger partial charge in [0.25, 0.3) is 5.69 Å². The first kappa shape index (κ1) is 29.2. The zero-order valence-electron chi connectivity index (χ0n) is 22.7. The number of nitro benzene ring substituents is 1. The molecule has 2 aliphatic heterocycles. The van der Waals surface area contributed by atoms with Crippen LogP contribution >= 0.6 is 18.2 Å². The van der Waals surface area contributed by atoms with E-state index in [9.17, 15) is 14.7 Å². The van der Waals surface area contributed by atoms with Crippen molar-refractivity contribution in [3.05, 3.63) is 46.3 Å². The van der Waals surface area contributed by atoms with E-state index in [1.807, 2.05) is 0 Å². The van der Waals surface area contributed by atoms with E-state index < -0.39 is 44.6 Å². The van der Waals surface area contributed by atoms with Gasteiger partial charge in [0.05, 0.1) is 17.3 Å². The molecule has 0 spiro atoms. The van der Waals surface area contributed by atoms with Gasteiger partial charge in [-0.2, -0.15) is 0 Å². The first-order chi connectivity index (χ1) is 18.7. The highest BCUT2D eigenvalue weighted by atomic mass is 32.7. The van der Waals surface area contributed by atoms with Crippen molar-refractivity contribution in [1.82, 2.24) is 19.5 Å². The fourth-order valence-corrected chi connectivity index (χ4v) is 8.97. The lowest BCUT2D eigenvalue weighted by molar-refractivity contribution is -0.384. The number of non-ortho nitro benzene ring substituents is 1. The monoisotopic (exact) mass is 604 g/mol. The molecule has 5 rings (SSSR count). The third-order valence-corrected chi connectivity index (χ3v) is 15.6. The third kappa shape index (κ3) is 5.45. The lowest BCUT2D eigenvalue weighted by atomic mass is 10.1. The summed E-state index contributed by atoms with van der Waals surface area (Å²) in [7, 11) is 3.92. The molecule has 5 atom stereocenters. The molecular weight excluding hydrogens is 574 g/mol. The Kier molecular flexibility index (Phi) is 7.66. The Hall–Kier alpha value is -2.33. The van der Waals surface area contributed by atoms with Gasteiger partial charge in [0.1, 0.15) is 30.2 Å². The molecule has 2 fully saturated rings. The molecule has 212 valence electrons. The number of nitrogens with zero attached hydrogens (tertiary/aromatic N) is 5. The Morgan fingerprint density at radius 1 is 1.30 bits per heavy atom. The Bertz CT molecular complexity index is 1490. The van der Waals surface area contributed by atoms with Gasteiger partial charge < -0.3 is 14.9 Å². The fourth-order valence-electron chi connectivity index (χ4n) is 4.29. The van der Waals surface area contributed by atoms with Gasteiger partial charge in [-0.3, -0.25) is 23.7 Å². The molecule has 3 aromatic rings. The quantitative estimate of drug-likeness (QED) is 0.179. The lowest BCUT2D eigenvalue weighted by Crippen LogP contribution is -2.50. The number of fused-ring (bicyclic) bond motifs is 2. The minimum atomic E-state index is -3.66. The molecule has 0 aliphatic carbocycles. The van der Waals surface area contributed by atoms with Crippen LogP contribution in [0.5, 0.6) is 0 Å². The molecule has 4 heterocycles. The van der Waals surface area contributed by atoms with Crippen molar-refractivity contribution < 1.29 is 27.7 Å². The molecule has 1 aromatic carbocycles. The average Bonchev–Trinajstić information content (AvgIpc) is 3.39. The van der Waals surface area contributed by atoms with Crippen molar-refractivity contribution in [2.24, 2.45) is 0 Å². The van der Waals surface area contributed by atoms with Crippen molar-refractivity contribution in [3.63, 3.8) is 0 Å². The number of ether oxygens (including phenoxy) is 1. The minimum Gasteiger partial charge on any atom is -0.407 e. The fraction of sp³-hybridized carbons (Fsp3) is 0.522. The van der Waals surface area contributed by atoms with E-state index in [1.54, 1.807) is 16.7 Å². The van der Waals surface area contributed by atoms with Crippen molar-refractivity contribution in [3.8, 4) is 0 Å². The van der Waals surface area contributed by atoms with Crippen LogP contribution in [0.15, 0.2) is 30.6 Å². The van der Waals surface area contributed by atoms with Crippen molar-refractivity contribution >= 4 is 62.7 Å². The molecule has 40 heavy (non-hydrogen) atoms. The summed E-state index contributed by atoms with van der Waals surface area (Å²) < 4.78 is 40.6. The number of aromatic nitrogens is 4. The maximum atomic E-state index is 13.8. The second kappa shape index (κ2) is 10.5. The summed E-state index contributed by atoms with van der Waals surface area (Å²) >= 11 is 1.01. The Labute approximate surface area is 237 Å². The molecule has 0 amide bonds. The number of anilines is 1. The molecule has 2 radical (unpaired) electrons. The maximum absolute atomic E-state index is 13.8. The van der Waals surface area contributed by atoms with Gasteiger partial charge in [-0.1, -0.05) is 32.9 Å². The van der Waals surface area contributed by atoms with Crippen LogP contribution in [0, 0.1) is 10.1 Å².